The highest BCUT2D eigenvalue weighted by atomic mass is 16.5. The lowest BCUT2D eigenvalue weighted by molar-refractivity contribution is -0.135. The topological polar surface area (TPSA) is 97.3 Å². The minimum atomic E-state index is -0.414. The Balaban J connectivity index is 1.32. The van der Waals surface area contributed by atoms with Gasteiger partial charge in [-0.2, -0.15) is 5.10 Å². The van der Waals surface area contributed by atoms with Crippen molar-refractivity contribution >= 4 is 23.2 Å². The maximum Gasteiger partial charge on any atom is 0.281 e. The second-order valence-corrected chi connectivity index (χ2v) is 7.60. The van der Waals surface area contributed by atoms with Gasteiger partial charge >= 0.3 is 0 Å². The van der Waals surface area contributed by atoms with Gasteiger partial charge in [-0.05, 0) is 48.5 Å². The third kappa shape index (κ3) is 4.47. The van der Waals surface area contributed by atoms with E-state index < -0.39 is 6.04 Å². The zero-order valence-electron chi connectivity index (χ0n) is 18.1. The average Bonchev–Trinajstić information content (AvgIpc) is 3.64. The quantitative estimate of drug-likeness (QED) is 0.428. The summed E-state index contributed by atoms with van der Waals surface area (Å²) >= 11 is 0. The van der Waals surface area contributed by atoms with E-state index in [0.29, 0.717) is 40.7 Å². The Morgan fingerprint density at radius 2 is 1.71 bits per heavy atom. The molecule has 0 saturated heterocycles. The molecule has 2 aromatic heterocycles. The van der Waals surface area contributed by atoms with E-state index in [1.54, 1.807) is 73.2 Å². The highest BCUT2D eigenvalue weighted by Crippen LogP contribution is 2.33. The SMILES string of the molecule is O=C(Nc1ccccc1)c1ccccc1OCC(=O)N1N=C(c2ccco2)CC1c1ccco1. The van der Waals surface area contributed by atoms with Gasteiger partial charge in [-0.15, -0.1) is 0 Å². The van der Waals surface area contributed by atoms with Gasteiger partial charge in [-0.25, -0.2) is 5.01 Å². The number of carbonyl (C=O) groups is 2. The first-order valence-electron chi connectivity index (χ1n) is 10.7. The highest BCUT2D eigenvalue weighted by molar-refractivity contribution is 6.06. The number of hydrogen-bond acceptors (Lipinski definition) is 6. The Kier molecular flexibility index (Phi) is 5.94. The van der Waals surface area contributed by atoms with Gasteiger partial charge < -0.3 is 18.9 Å². The van der Waals surface area contributed by atoms with E-state index in [-0.39, 0.29) is 18.4 Å². The second kappa shape index (κ2) is 9.50. The summed E-state index contributed by atoms with van der Waals surface area (Å²) in [7, 11) is 0. The van der Waals surface area contributed by atoms with Crippen molar-refractivity contribution in [1.29, 1.82) is 0 Å². The smallest absolute Gasteiger partial charge is 0.281 e. The minimum Gasteiger partial charge on any atom is -0.483 e. The molecule has 1 aliphatic rings. The van der Waals surface area contributed by atoms with Crippen LogP contribution < -0.4 is 10.1 Å². The number of hydrogen-bond donors (Lipinski definition) is 1. The lowest BCUT2D eigenvalue weighted by Crippen LogP contribution is -2.31. The van der Waals surface area contributed by atoms with Crippen LogP contribution in [-0.4, -0.2) is 29.1 Å². The molecule has 0 aliphatic carbocycles. The first kappa shape index (κ1) is 21.3. The fourth-order valence-electron chi connectivity index (χ4n) is 3.74. The maximum absolute atomic E-state index is 13.1. The molecule has 2 aromatic carbocycles. The highest BCUT2D eigenvalue weighted by Gasteiger charge is 2.36. The monoisotopic (exact) mass is 455 g/mol. The fraction of sp³-hybridized carbons (Fsp3) is 0.115. The average molecular weight is 455 g/mol. The van der Waals surface area contributed by atoms with Gasteiger partial charge in [0.05, 0.1) is 18.1 Å². The van der Waals surface area contributed by atoms with Gasteiger partial charge in [-0.3, -0.25) is 9.59 Å². The second-order valence-electron chi connectivity index (χ2n) is 7.60. The minimum absolute atomic E-state index is 0.299. The van der Waals surface area contributed by atoms with Crippen LogP contribution in [-0.2, 0) is 4.79 Å². The molecule has 1 unspecified atom stereocenters. The summed E-state index contributed by atoms with van der Waals surface area (Å²) in [6.45, 7) is -0.304. The molecule has 8 heteroatoms. The number of nitrogens with zero attached hydrogens (tertiary/aromatic N) is 2. The summed E-state index contributed by atoms with van der Waals surface area (Å²) in [6.07, 6.45) is 3.56. The standard InChI is InChI=1S/C26H21N3O5/c30-25(29-21(24-13-7-15-33-24)16-20(28-29)23-12-6-14-32-23)17-34-22-11-5-4-10-19(22)26(31)27-18-8-2-1-3-9-18/h1-15,21H,16-17H2,(H,27,31). The predicted octanol–water partition coefficient (Wildman–Crippen LogP) is 4.88. The number of para-hydroxylation sites is 2. The number of furan rings is 2. The third-order valence-electron chi connectivity index (χ3n) is 5.36. The predicted molar refractivity (Wildman–Crippen MR) is 124 cm³/mol. The number of anilines is 1. The zero-order valence-corrected chi connectivity index (χ0v) is 18.1. The van der Waals surface area contributed by atoms with Crippen molar-refractivity contribution in [1.82, 2.24) is 5.01 Å². The van der Waals surface area contributed by atoms with E-state index in [9.17, 15) is 9.59 Å². The summed E-state index contributed by atoms with van der Waals surface area (Å²) < 4.78 is 16.8. The van der Waals surface area contributed by atoms with E-state index in [1.807, 2.05) is 18.2 Å². The molecule has 5 rings (SSSR count). The lowest BCUT2D eigenvalue weighted by atomic mass is 10.1. The summed E-state index contributed by atoms with van der Waals surface area (Å²) in [4.78, 5) is 25.9. The van der Waals surface area contributed by atoms with E-state index in [2.05, 4.69) is 10.4 Å². The van der Waals surface area contributed by atoms with Crippen molar-refractivity contribution in [2.75, 3.05) is 11.9 Å². The Morgan fingerprint density at radius 1 is 0.941 bits per heavy atom. The number of rotatable bonds is 7. The first-order chi connectivity index (χ1) is 16.7. The first-order valence-corrected chi connectivity index (χ1v) is 10.7. The van der Waals surface area contributed by atoms with Crippen molar-refractivity contribution in [3.63, 3.8) is 0 Å². The molecule has 0 bridgehead atoms. The largest absolute Gasteiger partial charge is 0.483 e. The molecule has 1 atom stereocenters. The van der Waals surface area contributed by atoms with Crippen LogP contribution in [0.15, 0.2) is 105 Å². The summed E-state index contributed by atoms with van der Waals surface area (Å²) in [5, 5.41) is 8.66. The zero-order chi connectivity index (χ0) is 23.3. The van der Waals surface area contributed by atoms with E-state index in [0.717, 1.165) is 0 Å². The molecular formula is C26H21N3O5. The van der Waals surface area contributed by atoms with Crippen molar-refractivity contribution < 1.29 is 23.2 Å². The van der Waals surface area contributed by atoms with Gasteiger partial charge in [-0.1, -0.05) is 30.3 Å². The van der Waals surface area contributed by atoms with Crippen molar-refractivity contribution in [3.05, 3.63) is 108 Å². The Labute approximate surface area is 195 Å². The molecule has 34 heavy (non-hydrogen) atoms. The molecule has 4 aromatic rings. The molecule has 0 spiro atoms. The molecule has 0 fully saturated rings. The number of hydrazone groups is 1. The molecule has 3 heterocycles. The van der Waals surface area contributed by atoms with Crippen molar-refractivity contribution in [2.45, 2.75) is 12.5 Å². The molecule has 1 aliphatic heterocycles. The van der Waals surface area contributed by atoms with Gasteiger partial charge in [0.25, 0.3) is 11.8 Å². The molecule has 2 amide bonds. The van der Waals surface area contributed by atoms with E-state index >= 15 is 0 Å². The number of benzene rings is 2. The Bertz CT molecular complexity index is 1300. The van der Waals surface area contributed by atoms with Crippen molar-refractivity contribution in [3.8, 4) is 5.75 Å². The number of carbonyl (C=O) groups excluding carboxylic acids is 2. The van der Waals surface area contributed by atoms with Crippen LogP contribution in [0.4, 0.5) is 5.69 Å². The van der Waals surface area contributed by atoms with E-state index in [1.165, 1.54) is 5.01 Å². The van der Waals surface area contributed by atoms with Crippen molar-refractivity contribution in [2.24, 2.45) is 5.10 Å². The van der Waals surface area contributed by atoms with Crippen LogP contribution in [0.5, 0.6) is 5.75 Å². The number of amides is 2. The van der Waals surface area contributed by atoms with Crippen LogP contribution in [0.25, 0.3) is 0 Å². The van der Waals surface area contributed by atoms with Crippen LogP contribution in [0, 0.1) is 0 Å². The Morgan fingerprint density at radius 3 is 2.47 bits per heavy atom. The molecule has 1 N–H and O–H groups in total. The molecule has 170 valence electrons. The summed E-state index contributed by atoms with van der Waals surface area (Å²) in [5.41, 5.74) is 1.63. The van der Waals surface area contributed by atoms with Gasteiger partial charge in [0.2, 0.25) is 0 Å². The molecule has 0 saturated carbocycles. The van der Waals surface area contributed by atoms with Crippen LogP contribution in [0.2, 0.25) is 0 Å². The molecule has 8 nitrogen and oxygen atoms in total. The fourth-order valence-corrected chi connectivity index (χ4v) is 3.74. The van der Waals surface area contributed by atoms with Gasteiger partial charge in [0.1, 0.15) is 29.0 Å². The maximum atomic E-state index is 13.1. The summed E-state index contributed by atoms with van der Waals surface area (Å²) in [6, 6.07) is 22.6. The third-order valence-corrected chi connectivity index (χ3v) is 5.36. The van der Waals surface area contributed by atoms with Crippen LogP contribution in [0.3, 0.4) is 0 Å². The molecular weight excluding hydrogens is 434 g/mol. The van der Waals surface area contributed by atoms with Gasteiger partial charge in [0, 0.05) is 12.1 Å². The van der Waals surface area contributed by atoms with Gasteiger partial charge in [0.15, 0.2) is 6.61 Å². The number of ether oxygens (including phenoxy) is 1. The molecule has 0 radical (unpaired) electrons. The number of nitrogens with one attached hydrogen (secondary N) is 1. The summed E-state index contributed by atoms with van der Waals surface area (Å²) in [5.74, 6) is 0.800. The van der Waals surface area contributed by atoms with E-state index in [4.69, 9.17) is 13.6 Å². The van der Waals surface area contributed by atoms with Crippen LogP contribution in [0.1, 0.15) is 34.3 Å². The van der Waals surface area contributed by atoms with Crippen LogP contribution >= 0.6 is 0 Å². The normalized spacial score (nSPS) is 15.1. The lowest BCUT2D eigenvalue weighted by Gasteiger charge is -2.20. The Hall–Kier alpha value is -4.59.